The van der Waals surface area contributed by atoms with Gasteiger partial charge in [0.15, 0.2) is 23.9 Å². The van der Waals surface area contributed by atoms with Crippen LogP contribution in [0.15, 0.2) is 81.9 Å². The number of hydrogen-bond acceptors (Lipinski definition) is 9. The van der Waals surface area contributed by atoms with Crippen LogP contribution in [0.4, 0.5) is 10.5 Å². The van der Waals surface area contributed by atoms with Crippen molar-refractivity contribution in [2.45, 2.75) is 39.7 Å². The smallest absolute Gasteiger partial charge is 0.415 e. The van der Waals surface area contributed by atoms with Crippen molar-refractivity contribution in [2.75, 3.05) is 38.1 Å². The highest BCUT2D eigenvalue weighted by Gasteiger charge is 2.29. The number of rotatable bonds is 12. The number of amides is 4. The number of fused-ring (bicyclic) bond motifs is 1. The molecule has 0 unspecified atom stereocenters. The third-order valence-electron chi connectivity index (χ3n) is 8.04. The zero-order valence-corrected chi connectivity index (χ0v) is 30.1. The molecule has 2 heterocycles. The quantitative estimate of drug-likeness (QED) is 0.130. The molecule has 4 amide bonds. The topological polar surface area (TPSA) is 157 Å². The summed E-state index contributed by atoms with van der Waals surface area (Å²) < 4.78 is 22.9. The Hall–Kier alpha value is -5.37. The standard InChI is InChI=1S/C37H39BrN4O9/c1-4-32(44)51-34-26(11-7-12-29(34)50-37(47)42-18-16-41(17-19-42)36(46)30-13-8-20-48-30)40-35(45)27(21-23(2)3)39-31(43)22-49-28-15-14-24-9-5-6-10-25(24)33(28)38/h5-15,20,23,27H,4,16-19,21-22H2,1-3H3,(H,39,43)(H,40,45)/t27-/m0/s1. The number of halogens is 1. The van der Waals surface area contributed by atoms with E-state index in [9.17, 15) is 24.0 Å². The van der Waals surface area contributed by atoms with Gasteiger partial charge in [-0.2, -0.15) is 0 Å². The van der Waals surface area contributed by atoms with E-state index in [0.29, 0.717) is 16.6 Å². The Balaban J connectivity index is 1.25. The first-order chi connectivity index (χ1) is 24.5. The first kappa shape index (κ1) is 36.9. The lowest BCUT2D eigenvalue weighted by Gasteiger charge is -2.33. The van der Waals surface area contributed by atoms with Gasteiger partial charge in [-0.25, -0.2) is 4.79 Å². The minimum Gasteiger partial charge on any atom is -0.483 e. The molecule has 0 aliphatic carbocycles. The van der Waals surface area contributed by atoms with Crippen LogP contribution in [0.2, 0.25) is 0 Å². The van der Waals surface area contributed by atoms with Crippen LogP contribution in [-0.2, 0) is 14.4 Å². The Labute approximate surface area is 303 Å². The number of carbonyl (C=O) groups is 5. The number of nitrogens with zero attached hydrogens (tertiary/aromatic N) is 2. The molecule has 0 bridgehead atoms. The number of benzene rings is 3. The van der Waals surface area contributed by atoms with Gasteiger partial charge in [-0.3, -0.25) is 19.2 Å². The van der Waals surface area contributed by atoms with E-state index in [-0.39, 0.29) is 74.0 Å². The van der Waals surface area contributed by atoms with Crippen LogP contribution in [0.1, 0.15) is 44.2 Å². The number of para-hydroxylation sites is 1. The van der Waals surface area contributed by atoms with Crippen molar-refractivity contribution in [1.82, 2.24) is 15.1 Å². The van der Waals surface area contributed by atoms with Crippen LogP contribution in [0.25, 0.3) is 10.8 Å². The van der Waals surface area contributed by atoms with Gasteiger partial charge in [0.2, 0.25) is 5.91 Å². The molecule has 51 heavy (non-hydrogen) atoms. The fraction of sp³-hybridized carbons (Fsp3) is 0.324. The van der Waals surface area contributed by atoms with E-state index in [1.165, 1.54) is 29.4 Å². The lowest BCUT2D eigenvalue weighted by molar-refractivity contribution is -0.134. The van der Waals surface area contributed by atoms with Gasteiger partial charge in [0.05, 0.1) is 16.4 Å². The van der Waals surface area contributed by atoms with Crippen molar-refractivity contribution in [3.8, 4) is 17.2 Å². The summed E-state index contributed by atoms with van der Waals surface area (Å²) in [7, 11) is 0. The Morgan fingerprint density at radius 2 is 1.61 bits per heavy atom. The van der Waals surface area contributed by atoms with Crippen LogP contribution in [0.3, 0.4) is 0 Å². The van der Waals surface area contributed by atoms with E-state index in [1.54, 1.807) is 30.0 Å². The van der Waals surface area contributed by atoms with Crippen molar-refractivity contribution in [2.24, 2.45) is 5.92 Å². The van der Waals surface area contributed by atoms with Gasteiger partial charge in [-0.05, 0) is 69.4 Å². The third kappa shape index (κ3) is 9.45. The molecule has 0 spiro atoms. The average molecular weight is 764 g/mol. The molecule has 1 aliphatic heterocycles. The van der Waals surface area contributed by atoms with Crippen LogP contribution in [0, 0.1) is 5.92 Å². The highest BCUT2D eigenvalue weighted by molar-refractivity contribution is 9.10. The van der Waals surface area contributed by atoms with Crippen LogP contribution < -0.4 is 24.8 Å². The van der Waals surface area contributed by atoms with Gasteiger partial charge in [-0.1, -0.05) is 57.2 Å². The molecule has 14 heteroatoms. The zero-order valence-electron chi connectivity index (χ0n) is 28.5. The zero-order chi connectivity index (χ0) is 36.5. The number of anilines is 1. The predicted octanol–water partition coefficient (Wildman–Crippen LogP) is 6.02. The highest BCUT2D eigenvalue weighted by Crippen LogP contribution is 2.37. The molecule has 268 valence electrons. The minimum atomic E-state index is -0.970. The van der Waals surface area contributed by atoms with E-state index in [0.717, 1.165) is 10.8 Å². The van der Waals surface area contributed by atoms with Crippen molar-refractivity contribution < 1.29 is 42.6 Å². The number of esters is 1. The maximum atomic E-state index is 13.6. The first-order valence-corrected chi connectivity index (χ1v) is 17.4. The first-order valence-electron chi connectivity index (χ1n) is 16.6. The van der Waals surface area contributed by atoms with E-state index in [4.69, 9.17) is 18.6 Å². The largest absolute Gasteiger partial charge is 0.483 e. The number of furan rings is 1. The highest BCUT2D eigenvalue weighted by atomic mass is 79.9. The molecular weight excluding hydrogens is 724 g/mol. The summed E-state index contributed by atoms with van der Waals surface area (Å²) in [6.07, 6.45) is 1.01. The lowest BCUT2D eigenvalue weighted by Crippen LogP contribution is -2.51. The fourth-order valence-corrected chi connectivity index (χ4v) is 6.03. The van der Waals surface area contributed by atoms with Crippen molar-refractivity contribution in [3.63, 3.8) is 0 Å². The van der Waals surface area contributed by atoms with Crippen LogP contribution in [0.5, 0.6) is 17.2 Å². The number of carbonyl (C=O) groups excluding carboxylic acids is 5. The van der Waals surface area contributed by atoms with Gasteiger partial charge < -0.3 is 39.1 Å². The summed E-state index contributed by atoms with van der Waals surface area (Å²) in [5.74, 6) is -1.51. The van der Waals surface area contributed by atoms with E-state index < -0.39 is 29.9 Å². The summed E-state index contributed by atoms with van der Waals surface area (Å²) in [4.78, 5) is 68.0. The Morgan fingerprint density at radius 3 is 2.31 bits per heavy atom. The fourth-order valence-electron chi connectivity index (χ4n) is 5.42. The lowest BCUT2D eigenvalue weighted by atomic mass is 10.0. The Bertz CT molecular complexity index is 1890. The molecule has 1 aliphatic rings. The number of ether oxygens (including phenoxy) is 3. The molecular formula is C37H39BrN4O9. The monoisotopic (exact) mass is 762 g/mol. The molecule has 3 aromatic carbocycles. The van der Waals surface area contributed by atoms with Gasteiger partial charge in [0, 0.05) is 32.6 Å². The molecule has 4 aromatic rings. The summed E-state index contributed by atoms with van der Waals surface area (Å²) >= 11 is 3.55. The third-order valence-corrected chi connectivity index (χ3v) is 8.86. The second kappa shape index (κ2) is 17.0. The van der Waals surface area contributed by atoms with E-state index in [2.05, 4.69) is 26.6 Å². The Morgan fingerprint density at radius 1 is 0.863 bits per heavy atom. The molecule has 13 nitrogen and oxygen atoms in total. The maximum Gasteiger partial charge on any atom is 0.415 e. The Kier molecular flexibility index (Phi) is 12.3. The SMILES string of the molecule is CCC(=O)Oc1c(NC(=O)[C@H](CC(C)C)NC(=O)COc2ccc3ccccc3c2Br)cccc1OC(=O)N1CCN(C(=O)c2ccco2)CC1. The molecule has 5 rings (SSSR count). The van der Waals surface area contributed by atoms with Crippen molar-refractivity contribution in [1.29, 1.82) is 0 Å². The van der Waals surface area contributed by atoms with Crippen molar-refractivity contribution in [3.05, 3.63) is 83.2 Å². The second-order valence-electron chi connectivity index (χ2n) is 12.2. The normalized spacial score (nSPS) is 13.4. The maximum absolute atomic E-state index is 13.6. The van der Waals surface area contributed by atoms with Gasteiger partial charge in [-0.15, -0.1) is 0 Å². The summed E-state index contributed by atoms with van der Waals surface area (Å²) in [6.45, 7) is 6.01. The molecule has 0 radical (unpaired) electrons. The average Bonchev–Trinajstić information content (AvgIpc) is 3.67. The second-order valence-corrected chi connectivity index (χ2v) is 13.0. The van der Waals surface area contributed by atoms with Crippen LogP contribution in [-0.4, -0.2) is 78.4 Å². The van der Waals surface area contributed by atoms with Crippen LogP contribution >= 0.6 is 15.9 Å². The van der Waals surface area contributed by atoms with Crippen molar-refractivity contribution >= 4 is 62.2 Å². The van der Waals surface area contributed by atoms with E-state index >= 15 is 0 Å². The molecule has 1 aromatic heterocycles. The number of nitrogens with one attached hydrogen (secondary N) is 2. The molecule has 1 saturated heterocycles. The molecule has 1 atom stereocenters. The van der Waals surface area contributed by atoms with Gasteiger partial charge in [0.25, 0.3) is 11.8 Å². The molecule has 0 saturated carbocycles. The summed E-state index contributed by atoms with van der Waals surface area (Å²) in [6, 6.07) is 18.1. The minimum absolute atomic E-state index is 0.0146. The summed E-state index contributed by atoms with van der Waals surface area (Å²) in [5, 5.41) is 7.43. The van der Waals surface area contributed by atoms with E-state index in [1.807, 2.05) is 44.2 Å². The predicted molar refractivity (Wildman–Crippen MR) is 192 cm³/mol. The number of piperazine rings is 1. The molecule has 1 fully saturated rings. The molecule has 2 N–H and O–H groups in total. The number of hydrogen-bond donors (Lipinski definition) is 2. The van der Waals surface area contributed by atoms with Gasteiger partial charge in [0.1, 0.15) is 11.8 Å². The summed E-state index contributed by atoms with van der Waals surface area (Å²) in [5.41, 5.74) is 0.0697. The van der Waals surface area contributed by atoms with Gasteiger partial charge >= 0.3 is 12.1 Å².